The second kappa shape index (κ2) is 4.98. The minimum Gasteiger partial charge on any atom is -0.381 e. The average Bonchev–Trinajstić information content (AvgIpc) is 2.59. The normalized spacial score (nSPS) is 29.5. The highest BCUT2D eigenvalue weighted by molar-refractivity contribution is 9.11. The first-order chi connectivity index (χ1) is 7.23. The monoisotopic (exact) mass is 273 g/mol. The highest BCUT2D eigenvalue weighted by atomic mass is 79.9. The summed E-state index contributed by atoms with van der Waals surface area (Å²) in [6, 6.07) is 0.677. The maximum Gasteiger partial charge on any atom is 0.0471 e. The molecule has 0 aromatic rings. The van der Waals surface area contributed by atoms with Crippen molar-refractivity contribution in [2.75, 3.05) is 19.8 Å². The van der Waals surface area contributed by atoms with Gasteiger partial charge in [0.05, 0.1) is 0 Å². The van der Waals surface area contributed by atoms with Gasteiger partial charge in [-0.25, -0.2) is 0 Å². The van der Waals surface area contributed by atoms with Crippen molar-refractivity contribution in [2.24, 2.45) is 5.41 Å². The van der Waals surface area contributed by atoms with Gasteiger partial charge < -0.3 is 10.1 Å². The van der Waals surface area contributed by atoms with Gasteiger partial charge in [0.1, 0.15) is 0 Å². The predicted molar refractivity (Wildman–Crippen MR) is 66.2 cm³/mol. The summed E-state index contributed by atoms with van der Waals surface area (Å²) < 4.78 is 6.53. The molecule has 1 N–H and O–H groups in total. The largest absolute Gasteiger partial charge is 0.381 e. The molecule has 0 amide bonds. The minimum atomic E-state index is 0.528. The fourth-order valence-electron chi connectivity index (χ4n) is 3.07. The molecule has 2 rings (SSSR count). The number of hydrogen-bond acceptors (Lipinski definition) is 2. The molecule has 86 valence electrons. The van der Waals surface area contributed by atoms with Gasteiger partial charge in [-0.2, -0.15) is 0 Å². The van der Waals surface area contributed by atoms with Gasteiger partial charge in [-0.1, -0.05) is 28.9 Å². The third-order valence-corrected chi connectivity index (χ3v) is 4.22. The molecule has 1 saturated heterocycles. The van der Waals surface area contributed by atoms with Crippen LogP contribution in [0.1, 0.15) is 32.1 Å². The zero-order valence-corrected chi connectivity index (χ0v) is 10.8. The number of rotatable bonds is 3. The van der Waals surface area contributed by atoms with Crippen LogP contribution in [-0.2, 0) is 4.74 Å². The zero-order chi connectivity index (χ0) is 10.7. The molecule has 1 aliphatic heterocycles. The first kappa shape index (κ1) is 11.6. The summed E-state index contributed by atoms with van der Waals surface area (Å²) in [7, 11) is 0. The van der Waals surface area contributed by atoms with E-state index >= 15 is 0 Å². The highest BCUT2D eigenvalue weighted by Gasteiger charge is 2.43. The molecule has 0 radical (unpaired) electrons. The van der Waals surface area contributed by atoms with E-state index in [0.29, 0.717) is 11.5 Å². The van der Waals surface area contributed by atoms with E-state index in [-0.39, 0.29) is 0 Å². The number of nitrogens with one attached hydrogen (secondary N) is 1. The maximum atomic E-state index is 5.48. The molecule has 15 heavy (non-hydrogen) atoms. The van der Waals surface area contributed by atoms with Gasteiger partial charge in [0.15, 0.2) is 0 Å². The van der Waals surface area contributed by atoms with E-state index in [1.165, 1.54) is 32.1 Å². The fraction of sp³-hybridized carbons (Fsp3) is 0.833. The Balaban J connectivity index is 1.94. The van der Waals surface area contributed by atoms with Crippen molar-refractivity contribution < 1.29 is 4.74 Å². The second-order valence-electron chi connectivity index (χ2n) is 4.82. The summed E-state index contributed by atoms with van der Waals surface area (Å²) in [4.78, 5) is 0. The molecular weight excluding hydrogens is 254 g/mol. The molecule has 2 fully saturated rings. The summed E-state index contributed by atoms with van der Waals surface area (Å²) >= 11 is 3.41. The Hall–Kier alpha value is 0.140. The third kappa shape index (κ3) is 2.63. The number of ether oxygens (including phenoxy) is 1. The Morgan fingerprint density at radius 1 is 1.40 bits per heavy atom. The van der Waals surface area contributed by atoms with E-state index in [0.717, 1.165) is 24.2 Å². The predicted octanol–water partition coefficient (Wildman–Crippen LogP) is 2.83. The maximum absolute atomic E-state index is 5.48. The van der Waals surface area contributed by atoms with Crippen molar-refractivity contribution in [3.05, 3.63) is 11.1 Å². The molecule has 0 aromatic carbocycles. The van der Waals surface area contributed by atoms with Gasteiger partial charge in [-0.3, -0.25) is 0 Å². The van der Waals surface area contributed by atoms with Crippen molar-refractivity contribution in [1.29, 1.82) is 0 Å². The van der Waals surface area contributed by atoms with Gasteiger partial charge in [0.2, 0.25) is 0 Å². The molecule has 1 saturated carbocycles. The van der Waals surface area contributed by atoms with E-state index in [2.05, 4.69) is 27.8 Å². The SMILES string of the molecule is C=C(Br)CN[C@H]1CCCC12CCOCC2. The molecule has 1 atom stereocenters. The molecule has 2 aliphatic rings. The summed E-state index contributed by atoms with van der Waals surface area (Å²) in [6.07, 6.45) is 6.54. The van der Waals surface area contributed by atoms with E-state index in [1.807, 2.05) is 0 Å². The van der Waals surface area contributed by atoms with Crippen molar-refractivity contribution in [1.82, 2.24) is 5.32 Å². The van der Waals surface area contributed by atoms with Crippen molar-refractivity contribution in [3.8, 4) is 0 Å². The molecule has 0 bridgehead atoms. The fourth-order valence-corrected chi connectivity index (χ4v) is 3.23. The van der Waals surface area contributed by atoms with Gasteiger partial charge in [-0.15, -0.1) is 0 Å². The van der Waals surface area contributed by atoms with Crippen molar-refractivity contribution in [3.63, 3.8) is 0 Å². The highest BCUT2D eigenvalue weighted by Crippen LogP contribution is 2.45. The molecular formula is C12H20BrNO. The van der Waals surface area contributed by atoms with E-state index < -0.39 is 0 Å². The minimum absolute atomic E-state index is 0.528. The summed E-state index contributed by atoms with van der Waals surface area (Å²) in [6.45, 7) is 6.68. The van der Waals surface area contributed by atoms with Crippen LogP contribution in [0.5, 0.6) is 0 Å². The Bertz CT molecular complexity index is 236. The van der Waals surface area contributed by atoms with Crippen LogP contribution >= 0.6 is 15.9 Å². The van der Waals surface area contributed by atoms with E-state index in [9.17, 15) is 0 Å². The lowest BCUT2D eigenvalue weighted by molar-refractivity contribution is 0.00501. The Morgan fingerprint density at radius 3 is 2.80 bits per heavy atom. The molecule has 1 aliphatic carbocycles. The molecule has 2 nitrogen and oxygen atoms in total. The third-order valence-electron chi connectivity index (χ3n) is 3.94. The van der Waals surface area contributed by atoms with E-state index in [4.69, 9.17) is 4.74 Å². The molecule has 1 spiro atoms. The zero-order valence-electron chi connectivity index (χ0n) is 9.23. The van der Waals surface area contributed by atoms with Crippen LogP contribution in [0.15, 0.2) is 11.1 Å². The second-order valence-corrected chi connectivity index (χ2v) is 5.94. The lowest BCUT2D eigenvalue weighted by atomic mass is 9.75. The topological polar surface area (TPSA) is 21.3 Å². The van der Waals surface area contributed by atoms with Crippen molar-refractivity contribution in [2.45, 2.75) is 38.1 Å². The molecule has 0 unspecified atom stereocenters. The summed E-state index contributed by atoms with van der Waals surface area (Å²) in [5, 5.41) is 3.64. The lowest BCUT2D eigenvalue weighted by Crippen LogP contribution is -2.45. The van der Waals surface area contributed by atoms with E-state index in [1.54, 1.807) is 0 Å². The summed E-state index contributed by atoms with van der Waals surface area (Å²) in [5.41, 5.74) is 0.528. The lowest BCUT2D eigenvalue weighted by Gasteiger charge is -2.39. The van der Waals surface area contributed by atoms with Crippen LogP contribution in [-0.4, -0.2) is 25.8 Å². The Morgan fingerprint density at radius 2 is 2.13 bits per heavy atom. The molecule has 3 heteroatoms. The van der Waals surface area contributed by atoms with Crippen LogP contribution in [0.4, 0.5) is 0 Å². The van der Waals surface area contributed by atoms with Crippen LogP contribution in [0.25, 0.3) is 0 Å². The van der Waals surface area contributed by atoms with Crippen LogP contribution in [0.3, 0.4) is 0 Å². The molecule has 0 aromatic heterocycles. The Kier molecular flexibility index (Phi) is 3.86. The van der Waals surface area contributed by atoms with Gasteiger partial charge in [0.25, 0.3) is 0 Å². The first-order valence-corrected chi connectivity index (χ1v) is 6.67. The van der Waals surface area contributed by atoms with Gasteiger partial charge in [0, 0.05) is 30.3 Å². The smallest absolute Gasteiger partial charge is 0.0471 e. The number of halogens is 1. The summed E-state index contributed by atoms with van der Waals surface area (Å²) in [5.74, 6) is 0. The standard InChI is InChI=1S/C12H20BrNO/c1-10(13)9-14-11-3-2-4-12(11)5-7-15-8-6-12/h11,14H,1-9H2/t11-/m0/s1. The number of hydrogen-bond donors (Lipinski definition) is 1. The van der Waals surface area contributed by atoms with Crippen LogP contribution in [0, 0.1) is 5.41 Å². The first-order valence-electron chi connectivity index (χ1n) is 5.87. The Labute approximate surface area is 101 Å². The van der Waals surface area contributed by atoms with Gasteiger partial charge in [-0.05, 0) is 31.1 Å². The average molecular weight is 274 g/mol. The molecule has 1 heterocycles. The van der Waals surface area contributed by atoms with Crippen molar-refractivity contribution >= 4 is 15.9 Å². The van der Waals surface area contributed by atoms with Crippen LogP contribution < -0.4 is 5.32 Å². The van der Waals surface area contributed by atoms with Crippen LogP contribution in [0.2, 0.25) is 0 Å². The van der Waals surface area contributed by atoms with Gasteiger partial charge >= 0.3 is 0 Å². The quantitative estimate of drug-likeness (QED) is 0.854.